The molecule has 0 saturated carbocycles. The molecule has 0 fully saturated rings. The molecule has 1 N–H and O–H groups in total. The Bertz CT molecular complexity index is 469. The quantitative estimate of drug-likeness (QED) is 0.383. The smallest absolute Gasteiger partial charge is 0.306 e. The topological polar surface area (TPSA) is 55.8 Å². The van der Waals surface area contributed by atoms with E-state index in [1.165, 1.54) is 0 Å². The summed E-state index contributed by atoms with van der Waals surface area (Å²) in [5, 5.41) is 9.04. The number of allylic oxidation sites excluding steroid dienone is 2. The summed E-state index contributed by atoms with van der Waals surface area (Å²) in [7, 11) is 0. The lowest BCUT2D eigenvalue weighted by molar-refractivity contribution is -0.378. The number of aliphatic carboxylic acids is 1. The van der Waals surface area contributed by atoms with E-state index >= 15 is 0 Å². The van der Waals surface area contributed by atoms with Gasteiger partial charge in [0.05, 0.1) is 6.42 Å². The lowest BCUT2D eigenvalue weighted by Gasteiger charge is -2.38. The van der Waals surface area contributed by atoms with Gasteiger partial charge in [-0.25, -0.2) is 9.78 Å². The number of carbonyl (C=O) groups is 1. The van der Waals surface area contributed by atoms with Crippen molar-refractivity contribution in [1.82, 2.24) is 0 Å². The second-order valence-electron chi connectivity index (χ2n) is 7.31. The molecular weight excluding hydrogens is 316 g/mol. The third kappa shape index (κ3) is 6.95. The van der Waals surface area contributed by atoms with E-state index in [0.717, 1.165) is 44.1 Å². The third-order valence-electron chi connectivity index (χ3n) is 5.13. The summed E-state index contributed by atoms with van der Waals surface area (Å²) in [6, 6.07) is 0. The summed E-state index contributed by atoms with van der Waals surface area (Å²) < 4.78 is 0. The molecule has 0 amide bonds. The van der Waals surface area contributed by atoms with Crippen LogP contribution in [-0.4, -0.2) is 22.8 Å². The van der Waals surface area contributed by atoms with E-state index in [2.05, 4.69) is 45.9 Å². The van der Waals surface area contributed by atoms with Crippen molar-refractivity contribution >= 4 is 5.97 Å². The maximum Gasteiger partial charge on any atom is 0.306 e. The van der Waals surface area contributed by atoms with Crippen LogP contribution in [0.3, 0.4) is 0 Å². The molecule has 25 heavy (non-hydrogen) atoms. The molecule has 0 aromatic rings. The lowest BCUT2D eigenvalue weighted by Crippen LogP contribution is -2.40. The second kappa shape index (κ2) is 10.8. The standard InChI is InChI=1S/C21H36O4/c1-6-10-11-17(7-2)12-16(5)14-21(9-4)15-18(8-3)19(24-25-21)13-20(22)23/h10-11,15-17,19H,6-9,12-14H2,1-5H3,(H,22,23)/b11-10+/t16-,17-,19+,21+/m0/s1. The molecule has 4 nitrogen and oxygen atoms in total. The van der Waals surface area contributed by atoms with Gasteiger partial charge in [0.1, 0.15) is 11.7 Å². The molecule has 1 heterocycles. The Kier molecular flexibility index (Phi) is 9.44. The minimum atomic E-state index is -0.862. The third-order valence-corrected chi connectivity index (χ3v) is 5.13. The first kappa shape index (κ1) is 21.9. The van der Waals surface area contributed by atoms with Crippen LogP contribution in [0.25, 0.3) is 0 Å². The predicted octanol–water partition coefficient (Wildman–Crippen LogP) is 5.69. The average molecular weight is 353 g/mol. The maximum atomic E-state index is 11.0. The summed E-state index contributed by atoms with van der Waals surface area (Å²) in [6.45, 7) is 10.8. The SMILES string of the molecule is CC/C=C/[C@H](CC)C[C@H](C)C[C@]1(CC)C=C(CC)[C@@H](CC(=O)O)OO1. The molecule has 0 aromatic carbocycles. The Morgan fingerprint density at radius 1 is 1.36 bits per heavy atom. The van der Waals surface area contributed by atoms with Crippen molar-refractivity contribution < 1.29 is 19.7 Å². The molecule has 0 saturated heterocycles. The van der Waals surface area contributed by atoms with E-state index in [1.54, 1.807) is 0 Å². The van der Waals surface area contributed by atoms with E-state index < -0.39 is 17.7 Å². The van der Waals surface area contributed by atoms with E-state index in [-0.39, 0.29) is 6.42 Å². The normalized spacial score (nSPS) is 26.4. The van der Waals surface area contributed by atoms with Crippen molar-refractivity contribution in [3.8, 4) is 0 Å². The number of hydrogen-bond donors (Lipinski definition) is 1. The highest BCUT2D eigenvalue weighted by atomic mass is 17.2. The first-order chi connectivity index (χ1) is 11.9. The monoisotopic (exact) mass is 352 g/mol. The summed E-state index contributed by atoms with van der Waals surface area (Å²) in [4.78, 5) is 22.3. The highest BCUT2D eigenvalue weighted by Crippen LogP contribution is 2.37. The Morgan fingerprint density at radius 3 is 2.60 bits per heavy atom. The fourth-order valence-corrected chi connectivity index (χ4v) is 3.62. The van der Waals surface area contributed by atoms with Gasteiger partial charge < -0.3 is 5.11 Å². The van der Waals surface area contributed by atoms with Gasteiger partial charge in [0.15, 0.2) is 0 Å². The second-order valence-corrected chi connectivity index (χ2v) is 7.31. The van der Waals surface area contributed by atoms with Crippen LogP contribution < -0.4 is 0 Å². The van der Waals surface area contributed by atoms with Gasteiger partial charge in [0.25, 0.3) is 0 Å². The fourth-order valence-electron chi connectivity index (χ4n) is 3.62. The lowest BCUT2D eigenvalue weighted by atomic mass is 9.81. The van der Waals surface area contributed by atoms with Gasteiger partial charge in [-0.1, -0.05) is 46.8 Å². The predicted molar refractivity (Wildman–Crippen MR) is 101 cm³/mol. The van der Waals surface area contributed by atoms with Crippen LogP contribution in [0.5, 0.6) is 0 Å². The molecule has 0 spiro atoms. The van der Waals surface area contributed by atoms with Gasteiger partial charge in [0.2, 0.25) is 0 Å². The van der Waals surface area contributed by atoms with Gasteiger partial charge >= 0.3 is 5.97 Å². The molecule has 0 radical (unpaired) electrons. The maximum absolute atomic E-state index is 11.0. The van der Waals surface area contributed by atoms with Crippen LogP contribution >= 0.6 is 0 Å². The van der Waals surface area contributed by atoms with Gasteiger partial charge in [-0.3, -0.25) is 4.79 Å². The molecule has 0 bridgehead atoms. The van der Waals surface area contributed by atoms with Crippen LogP contribution in [0.2, 0.25) is 0 Å². The summed E-state index contributed by atoms with van der Waals surface area (Å²) >= 11 is 0. The van der Waals surface area contributed by atoms with Gasteiger partial charge in [0, 0.05) is 0 Å². The average Bonchev–Trinajstić information content (AvgIpc) is 2.59. The molecule has 0 aliphatic carbocycles. The minimum Gasteiger partial charge on any atom is -0.481 e. The molecular formula is C21H36O4. The Hall–Kier alpha value is -1.13. The molecule has 0 aromatic heterocycles. The number of carboxylic acids is 1. The zero-order chi connectivity index (χ0) is 18.9. The molecule has 1 rings (SSSR count). The Morgan fingerprint density at radius 2 is 2.08 bits per heavy atom. The van der Waals surface area contributed by atoms with Crippen molar-refractivity contribution in [2.45, 2.75) is 91.3 Å². The number of hydrogen-bond acceptors (Lipinski definition) is 3. The first-order valence-electron chi connectivity index (χ1n) is 9.84. The van der Waals surface area contributed by atoms with Crippen molar-refractivity contribution in [3.63, 3.8) is 0 Å². The largest absolute Gasteiger partial charge is 0.481 e. The molecule has 1 aliphatic heterocycles. The van der Waals surface area contributed by atoms with Crippen LogP contribution in [0.4, 0.5) is 0 Å². The molecule has 4 atom stereocenters. The zero-order valence-electron chi connectivity index (χ0n) is 16.6. The van der Waals surface area contributed by atoms with Crippen molar-refractivity contribution in [2.75, 3.05) is 0 Å². The fraction of sp³-hybridized carbons (Fsp3) is 0.762. The molecule has 144 valence electrons. The summed E-state index contributed by atoms with van der Waals surface area (Å²) in [6.07, 6.45) is 12.1. The van der Waals surface area contributed by atoms with Gasteiger partial charge in [-0.2, -0.15) is 0 Å². The van der Waals surface area contributed by atoms with E-state index in [1.807, 2.05) is 6.92 Å². The van der Waals surface area contributed by atoms with Gasteiger partial charge in [-0.15, -0.1) is 0 Å². The summed E-state index contributed by atoms with van der Waals surface area (Å²) in [5.41, 5.74) is 0.604. The molecule has 0 unspecified atom stereocenters. The minimum absolute atomic E-state index is 0.0469. The zero-order valence-corrected chi connectivity index (χ0v) is 16.6. The van der Waals surface area contributed by atoms with E-state index in [0.29, 0.717) is 11.8 Å². The van der Waals surface area contributed by atoms with Crippen molar-refractivity contribution in [2.24, 2.45) is 11.8 Å². The number of carboxylic acid groups (broad SMARTS) is 1. The first-order valence-corrected chi connectivity index (χ1v) is 9.84. The van der Waals surface area contributed by atoms with Crippen molar-refractivity contribution in [1.29, 1.82) is 0 Å². The van der Waals surface area contributed by atoms with E-state index in [9.17, 15) is 4.79 Å². The van der Waals surface area contributed by atoms with Gasteiger partial charge in [-0.05, 0) is 62.0 Å². The Balaban J connectivity index is 2.82. The van der Waals surface area contributed by atoms with Crippen LogP contribution in [-0.2, 0) is 14.6 Å². The van der Waals surface area contributed by atoms with E-state index in [4.69, 9.17) is 14.9 Å². The van der Waals surface area contributed by atoms with Crippen LogP contribution in [0.1, 0.15) is 79.6 Å². The molecule has 1 aliphatic rings. The highest BCUT2D eigenvalue weighted by molar-refractivity contribution is 5.68. The van der Waals surface area contributed by atoms with Crippen LogP contribution in [0, 0.1) is 11.8 Å². The van der Waals surface area contributed by atoms with Crippen LogP contribution in [0.15, 0.2) is 23.8 Å². The summed E-state index contributed by atoms with van der Waals surface area (Å²) in [5.74, 6) is 0.238. The highest BCUT2D eigenvalue weighted by Gasteiger charge is 2.37. The molecule has 4 heteroatoms. The van der Waals surface area contributed by atoms with Crippen molar-refractivity contribution in [3.05, 3.63) is 23.8 Å². The number of rotatable bonds is 11. The Labute approximate surface area is 153 Å².